The maximum Gasteiger partial charge on any atom is 0.119 e. The van der Waals surface area contributed by atoms with Crippen LogP contribution < -0.4 is 0 Å². The summed E-state index contributed by atoms with van der Waals surface area (Å²) in [5.41, 5.74) is 0.477. The van der Waals surface area contributed by atoms with Crippen LogP contribution >= 0.6 is 0 Å². The quantitative estimate of drug-likeness (QED) is 0.509. The van der Waals surface area contributed by atoms with E-state index >= 15 is 0 Å². The molecule has 19 heavy (non-hydrogen) atoms. The first-order valence-corrected chi connectivity index (χ1v) is 8.15. The Morgan fingerprint density at radius 2 is 1.79 bits per heavy atom. The molecule has 2 rings (SSSR count). The number of fused-ring (bicyclic) bond motifs is 2. The van der Waals surface area contributed by atoms with Crippen molar-refractivity contribution in [2.24, 2.45) is 23.2 Å². The van der Waals surface area contributed by atoms with Crippen molar-refractivity contribution in [3.05, 3.63) is 0 Å². The number of carbonyl (C=O) groups is 1. The molecular formula is C17H30O2. The zero-order valence-corrected chi connectivity index (χ0v) is 12.7. The van der Waals surface area contributed by atoms with Crippen molar-refractivity contribution in [2.45, 2.75) is 65.2 Å². The van der Waals surface area contributed by atoms with Crippen LogP contribution in [0.4, 0.5) is 0 Å². The zero-order chi connectivity index (χ0) is 13.7. The molecule has 0 heterocycles. The number of aldehydes is 1. The number of ether oxygens (including phenoxy) is 1. The highest BCUT2D eigenvalue weighted by atomic mass is 16.5. The van der Waals surface area contributed by atoms with Gasteiger partial charge in [0.2, 0.25) is 0 Å². The second kappa shape index (κ2) is 6.88. The van der Waals surface area contributed by atoms with Gasteiger partial charge in [-0.3, -0.25) is 0 Å². The van der Waals surface area contributed by atoms with Crippen LogP contribution in [0.3, 0.4) is 0 Å². The first kappa shape index (κ1) is 15.0. The van der Waals surface area contributed by atoms with Crippen LogP contribution in [0.1, 0.15) is 65.2 Å². The molecule has 0 aromatic carbocycles. The zero-order valence-electron chi connectivity index (χ0n) is 12.7. The molecule has 2 aliphatic carbocycles. The lowest BCUT2D eigenvalue weighted by atomic mass is 9.57. The molecule has 2 nitrogen and oxygen atoms in total. The van der Waals surface area contributed by atoms with E-state index in [-0.39, 0.29) is 0 Å². The Morgan fingerprint density at radius 3 is 2.42 bits per heavy atom. The van der Waals surface area contributed by atoms with Crippen molar-refractivity contribution in [3.63, 3.8) is 0 Å². The van der Waals surface area contributed by atoms with E-state index in [9.17, 15) is 4.79 Å². The fourth-order valence-corrected chi connectivity index (χ4v) is 4.81. The topological polar surface area (TPSA) is 26.3 Å². The molecule has 2 atom stereocenters. The van der Waals surface area contributed by atoms with Gasteiger partial charge in [-0.05, 0) is 68.1 Å². The van der Waals surface area contributed by atoms with E-state index in [0.717, 1.165) is 50.1 Å². The first-order valence-electron chi connectivity index (χ1n) is 8.15. The summed E-state index contributed by atoms with van der Waals surface area (Å²) >= 11 is 0. The molecule has 0 saturated heterocycles. The summed E-state index contributed by atoms with van der Waals surface area (Å²) in [7, 11) is 0. The monoisotopic (exact) mass is 266 g/mol. The van der Waals surface area contributed by atoms with Gasteiger partial charge in [0, 0.05) is 13.0 Å². The van der Waals surface area contributed by atoms with Crippen LogP contribution in [-0.4, -0.2) is 19.5 Å². The predicted molar refractivity (Wildman–Crippen MR) is 78.1 cm³/mol. The first-order chi connectivity index (χ1) is 9.13. The molecule has 2 bridgehead atoms. The average Bonchev–Trinajstić information content (AvgIpc) is 2.31. The van der Waals surface area contributed by atoms with E-state index in [1.807, 2.05) is 0 Å². The van der Waals surface area contributed by atoms with Gasteiger partial charge in [0.05, 0.1) is 6.61 Å². The van der Waals surface area contributed by atoms with E-state index < -0.39 is 0 Å². The van der Waals surface area contributed by atoms with Crippen LogP contribution in [0.25, 0.3) is 0 Å². The van der Waals surface area contributed by atoms with Crippen molar-refractivity contribution >= 4 is 6.29 Å². The second-order valence-electron chi connectivity index (χ2n) is 7.38. The van der Waals surface area contributed by atoms with Gasteiger partial charge in [-0.15, -0.1) is 0 Å². The summed E-state index contributed by atoms with van der Waals surface area (Å²) in [6, 6.07) is 0. The minimum absolute atomic E-state index is 0.477. The van der Waals surface area contributed by atoms with Crippen molar-refractivity contribution in [1.82, 2.24) is 0 Å². The normalized spacial score (nSPS) is 38.1. The lowest BCUT2D eigenvalue weighted by molar-refractivity contribution is -0.108. The van der Waals surface area contributed by atoms with E-state index in [0.29, 0.717) is 11.8 Å². The summed E-state index contributed by atoms with van der Waals surface area (Å²) in [6.07, 6.45) is 10.7. The fraction of sp³-hybridized carbons (Fsp3) is 0.941. The van der Waals surface area contributed by atoms with Crippen molar-refractivity contribution in [3.8, 4) is 0 Å². The molecule has 2 aliphatic rings. The summed E-state index contributed by atoms with van der Waals surface area (Å²) < 4.78 is 5.98. The minimum Gasteiger partial charge on any atom is -0.381 e. The Hall–Kier alpha value is -0.370. The Balaban J connectivity index is 1.77. The third kappa shape index (κ3) is 4.30. The molecule has 0 aromatic heterocycles. The van der Waals surface area contributed by atoms with E-state index in [1.165, 1.54) is 32.1 Å². The molecule has 2 unspecified atom stereocenters. The van der Waals surface area contributed by atoms with Gasteiger partial charge in [-0.2, -0.15) is 0 Å². The average molecular weight is 266 g/mol. The number of rotatable bonds is 7. The number of hydrogen-bond donors (Lipinski definition) is 0. The van der Waals surface area contributed by atoms with Gasteiger partial charge in [-0.25, -0.2) is 0 Å². The number of unbranched alkanes of at least 4 members (excludes halogenated alkanes) is 2. The molecule has 0 spiro atoms. The van der Waals surface area contributed by atoms with Gasteiger partial charge in [0.1, 0.15) is 6.29 Å². The molecule has 0 amide bonds. The van der Waals surface area contributed by atoms with Gasteiger partial charge in [-0.1, -0.05) is 13.8 Å². The maximum absolute atomic E-state index is 10.3. The van der Waals surface area contributed by atoms with Crippen LogP contribution in [0.15, 0.2) is 0 Å². The molecule has 110 valence electrons. The van der Waals surface area contributed by atoms with Crippen LogP contribution in [-0.2, 0) is 9.53 Å². The summed E-state index contributed by atoms with van der Waals surface area (Å²) in [5, 5.41) is 0. The smallest absolute Gasteiger partial charge is 0.119 e. The van der Waals surface area contributed by atoms with Crippen molar-refractivity contribution < 1.29 is 9.53 Å². The lowest BCUT2D eigenvalue weighted by Gasteiger charge is -2.49. The van der Waals surface area contributed by atoms with E-state index in [2.05, 4.69) is 13.8 Å². The fourth-order valence-electron chi connectivity index (χ4n) is 4.81. The number of hydrogen-bond acceptors (Lipinski definition) is 2. The van der Waals surface area contributed by atoms with Gasteiger partial charge >= 0.3 is 0 Å². The largest absolute Gasteiger partial charge is 0.381 e. The van der Waals surface area contributed by atoms with Crippen LogP contribution in [0.5, 0.6) is 0 Å². The van der Waals surface area contributed by atoms with Crippen LogP contribution in [0.2, 0.25) is 0 Å². The van der Waals surface area contributed by atoms with Gasteiger partial charge in [0.15, 0.2) is 0 Å². The maximum atomic E-state index is 10.3. The van der Waals surface area contributed by atoms with Crippen molar-refractivity contribution in [1.29, 1.82) is 0 Å². The summed E-state index contributed by atoms with van der Waals surface area (Å²) in [6.45, 7) is 6.63. The molecule has 0 aliphatic heterocycles. The molecule has 0 N–H and O–H groups in total. The Kier molecular flexibility index (Phi) is 5.44. The Morgan fingerprint density at radius 1 is 1.11 bits per heavy atom. The number of carbonyl (C=O) groups excluding carboxylic acids is 1. The highest BCUT2D eigenvalue weighted by molar-refractivity contribution is 5.48. The summed E-state index contributed by atoms with van der Waals surface area (Å²) in [4.78, 5) is 10.3. The highest BCUT2D eigenvalue weighted by Gasteiger charge is 2.44. The SMILES string of the molecule is CC1CC2CC(C)CC(COCCCCC=O)(C1)C2. The molecule has 2 saturated carbocycles. The minimum atomic E-state index is 0.477. The third-order valence-corrected chi connectivity index (χ3v) is 5.02. The molecular weight excluding hydrogens is 236 g/mol. The second-order valence-corrected chi connectivity index (χ2v) is 7.38. The highest BCUT2D eigenvalue weighted by Crippen LogP contribution is 2.52. The lowest BCUT2D eigenvalue weighted by Crippen LogP contribution is -2.42. The molecule has 2 fully saturated rings. The standard InChI is InChI=1S/C17H30O2/c1-14-8-16-9-15(2)11-17(10-14,12-16)13-19-7-5-3-4-6-18/h6,14-16H,3-5,7-13H2,1-2H3. The summed E-state index contributed by atoms with van der Waals surface area (Å²) in [5.74, 6) is 2.71. The Bertz CT molecular complexity index is 267. The van der Waals surface area contributed by atoms with Crippen molar-refractivity contribution in [2.75, 3.05) is 13.2 Å². The van der Waals surface area contributed by atoms with E-state index in [1.54, 1.807) is 0 Å². The molecule has 2 heteroatoms. The van der Waals surface area contributed by atoms with Gasteiger partial charge in [0.25, 0.3) is 0 Å². The predicted octanol–water partition coefficient (Wildman–Crippen LogP) is 4.22. The van der Waals surface area contributed by atoms with Gasteiger partial charge < -0.3 is 9.53 Å². The third-order valence-electron chi connectivity index (χ3n) is 5.02. The molecule has 0 aromatic rings. The van der Waals surface area contributed by atoms with Crippen LogP contribution in [0, 0.1) is 23.2 Å². The van der Waals surface area contributed by atoms with E-state index in [4.69, 9.17) is 4.74 Å². The molecule has 0 radical (unpaired) electrons. The Labute approximate surface area is 118 Å².